The van der Waals surface area contributed by atoms with Gasteiger partial charge < -0.3 is 13.3 Å². The predicted molar refractivity (Wildman–Crippen MR) is 168 cm³/mol. The third-order valence-corrected chi connectivity index (χ3v) is 26.1. The van der Waals surface area contributed by atoms with Crippen molar-refractivity contribution in [1.29, 1.82) is 0 Å². The molecule has 0 heterocycles. The van der Waals surface area contributed by atoms with Crippen LogP contribution >= 0.6 is 0 Å². The van der Waals surface area contributed by atoms with Gasteiger partial charge in [-0.15, -0.1) is 0 Å². The molecule has 4 saturated carbocycles. The summed E-state index contributed by atoms with van der Waals surface area (Å²) in [6, 6.07) is 0. The van der Waals surface area contributed by atoms with Crippen molar-refractivity contribution in [2.45, 2.75) is 155 Å². The lowest BCUT2D eigenvalue weighted by Crippen LogP contribution is -2.69. The van der Waals surface area contributed by atoms with E-state index in [9.17, 15) is 0 Å². The molecular weight excluding hydrogens is 505 g/mol. The van der Waals surface area contributed by atoms with E-state index in [1.807, 2.05) is 0 Å². The van der Waals surface area contributed by atoms with Crippen LogP contribution in [0.2, 0.25) is 54.4 Å². The minimum absolute atomic E-state index is 0.0294. The first kappa shape index (κ1) is 31.8. The smallest absolute Gasteiger partial charge is 0.192 e. The fourth-order valence-electron chi connectivity index (χ4n) is 6.86. The Morgan fingerprint density at radius 2 is 1.14 bits per heavy atom. The molecule has 6 heteroatoms. The molecular formula is C31H62O3Si3. The highest BCUT2D eigenvalue weighted by Gasteiger charge is 2.84. The van der Waals surface area contributed by atoms with Gasteiger partial charge in [0.25, 0.3) is 0 Å². The molecule has 4 rings (SSSR count). The van der Waals surface area contributed by atoms with Crippen molar-refractivity contribution in [3.63, 3.8) is 0 Å². The van der Waals surface area contributed by atoms with Gasteiger partial charge in [-0.2, -0.15) is 0 Å². The molecule has 3 nitrogen and oxygen atoms in total. The van der Waals surface area contributed by atoms with Gasteiger partial charge in [0, 0.05) is 29.5 Å². The van der Waals surface area contributed by atoms with Gasteiger partial charge in [-0.05, 0) is 73.7 Å². The van der Waals surface area contributed by atoms with Gasteiger partial charge in [-0.25, -0.2) is 0 Å². The first-order valence-electron chi connectivity index (χ1n) is 15.0. The van der Waals surface area contributed by atoms with Crippen LogP contribution in [0.15, 0.2) is 12.2 Å². The maximum atomic E-state index is 7.39. The van der Waals surface area contributed by atoms with Crippen molar-refractivity contribution in [2.75, 3.05) is 13.2 Å². The predicted octanol–water partition coefficient (Wildman–Crippen LogP) is 9.93. The molecule has 4 fully saturated rings. The second-order valence-corrected chi connectivity index (χ2v) is 31.9. The second-order valence-electron chi connectivity index (χ2n) is 17.5. The lowest BCUT2D eigenvalue weighted by atomic mass is 9.35. The minimum Gasteiger partial charge on any atom is -0.416 e. The molecule has 4 aliphatic carbocycles. The van der Waals surface area contributed by atoms with E-state index in [1.165, 1.54) is 31.3 Å². The molecule has 0 aromatic rings. The summed E-state index contributed by atoms with van der Waals surface area (Å²) < 4.78 is 21.6. The molecule has 0 unspecified atom stereocenters. The van der Waals surface area contributed by atoms with Crippen molar-refractivity contribution < 1.29 is 13.3 Å². The van der Waals surface area contributed by atoms with E-state index < -0.39 is 25.0 Å². The summed E-state index contributed by atoms with van der Waals surface area (Å²) in [5.41, 5.74) is 1.54. The van der Waals surface area contributed by atoms with Gasteiger partial charge in [0.15, 0.2) is 25.0 Å². The third kappa shape index (κ3) is 4.60. The Labute approximate surface area is 234 Å². The Morgan fingerprint density at radius 1 is 0.703 bits per heavy atom. The average Bonchev–Trinajstić information content (AvgIpc) is 3.09. The maximum Gasteiger partial charge on any atom is 0.192 e. The molecule has 37 heavy (non-hydrogen) atoms. The third-order valence-electron chi connectivity index (χ3n) is 12.6. The molecule has 4 aliphatic rings. The Morgan fingerprint density at radius 3 is 1.59 bits per heavy atom. The molecule has 0 N–H and O–H groups in total. The maximum absolute atomic E-state index is 7.39. The highest BCUT2D eigenvalue weighted by Crippen LogP contribution is 2.85. The van der Waals surface area contributed by atoms with Gasteiger partial charge in [0.1, 0.15) is 0 Å². The SMILES string of the molecule is C=C1[C@@]2(CO[Si](C)(C)C(C)(C)C)C[C@H](O[Si](C)(C)C(C)(C)C)[C@@]13CCCC[C@@]23CO[Si](C)(C)C(C)(C)C. The number of hydrogen-bond donors (Lipinski definition) is 0. The fraction of sp³-hybridized carbons (Fsp3) is 0.935. The van der Waals surface area contributed by atoms with Crippen molar-refractivity contribution in [2.24, 2.45) is 16.2 Å². The Balaban J connectivity index is 2.08. The molecule has 0 aromatic carbocycles. The lowest BCUT2D eigenvalue weighted by molar-refractivity contribution is -0.173. The summed E-state index contributed by atoms with van der Waals surface area (Å²) in [7, 11) is -5.76. The fourth-order valence-corrected chi connectivity index (χ4v) is 10.3. The minimum atomic E-state index is -1.95. The van der Waals surface area contributed by atoms with E-state index in [1.54, 1.807) is 0 Å². The van der Waals surface area contributed by atoms with E-state index in [4.69, 9.17) is 19.9 Å². The molecule has 0 amide bonds. The Kier molecular flexibility index (Phi) is 7.85. The highest BCUT2D eigenvalue weighted by atomic mass is 28.4. The highest BCUT2D eigenvalue weighted by molar-refractivity contribution is 6.75. The number of fused-ring (bicyclic) bond motifs is 1. The molecule has 0 saturated heterocycles. The zero-order chi connectivity index (χ0) is 28.7. The summed E-state index contributed by atoms with van der Waals surface area (Å²) in [6.45, 7) is 42.3. The molecule has 1 spiro atoms. The largest absolute Gasteiger partial charge is 0.416 e. The van der Waals surface area contributed by atoms with Crippen LogP contribution in [0.3, 0.4) is 0 Å². The van der Waals surface area contributed by atoms with E-state index >= 15 is 0 Å². The van der Waals surface area contributed by atoms with Crippen LogP contribution in [-0.4, -0.2) is 44.3 Å². The molecule has 0 aromatic heterocycles. The van der Waals surface area contributed by atoms with Gasteiger partial charge in [0.2, 0.25) is 0 Å². The summed E-state index contributed by atoms with van der Waals surface area (Å²) in [6.07, 6.45) is 6.29. The van der Waals surface area contributed by atoms with E-state index in [0.717, 1.165) is 19.6 Å². The van der Waals surface area contributed by atoms with Crippen LogP contribution in [-0.2, 0) is 13.3 Å². The molecule has 0 radical (unpaired) electrons. The first-order chi connectivity index (χ1) is 16.3. The van der Waals surface area contributed by atoms with Crippen LogP contribution in [0.1, 0.15) is 94.4 Å². The van der Waals surface area contributed by atoms with E-state index in [-0.39, 0.29) is 37.5 Å². The van der Waals surface area contributed by atoms with Crippen LogP contribution < -0.4 is 0 Å². The van der Waals surface area contributed by atoms with Crippen LogP contribution in [0.4, 0.5) is 0 Å². The van der Waals surface area contributed by atoms with Gasteiger partial charge >= 0.3 is 0 Å². The zero-order valence-corrected chi connectivity index (χ0v) is 30.5. The summed E-state index contributed by atoms with van der Waals surface area (Å²) in [4.78, 5) is 0. The number of hydrogen-bond acceptors (Lipinski definition) is 3. The van der Waals surface area contributed by atoms with Crippen molar-refractivity contribution in [3.05, 3.63) is 12.2 Å². The average molecular weight is 567 g/mol. The summed E-state index contributed by atoms with van der Waals surface area (Å²) >= 11 is 0. The van der Waals surface area contributed by atoms with Crippen molar-refractivity contribution in [3.8, 4) is 0 Å². The second kappa shape index (κ2) is 9.14. The monoisotopic (exact) mass is 566 g/mol. The van der Waals surface area contributed by atoms with Gasteiger partial charge in [-0.3, -0.25) is 0 Å². The van der Waals surface area contributed by atoms with Crippen molar-refractivity contribution in [1.82, 2.24) is 0 Å². The molecule has 4 atom stereocenters. The van der Waals surface area contributed by atoms with E-state index in [2.05, 4.69) is 102 Å². The lowest BCUT2D eigenvalue weighted by Gasteiger charge is -2.70. The van der Waals surface area contributed by atoms with Gasteiger partial charge in [0.05, 0.1) is 6.10 Å². The van der Waals surface area contributed by atoms with Gasteiger partial charge in [-0.1, -0.05) is 87.3 Å². The van der Waals surface area contributed by atoms with Crippen molar-refractivity contribution >= 4 is 25.0 Å². The molecule has 2 bridgehead atoms. The Hall–Kier alpha value is 0.271. The van der Waals surface area contributed by atoms with E-state index in [0.29, 0.717) is 0 Å². The molecule has 0 aliphatic heterocycles. The van der Waals surface area contributed by atoms with Crippen LogP contribution in [0.25, 0.3) is 0 Å². The number of rotatable bonds is 8. The normalized spacial score (nSPS) is 33.4. The standard InChI is InChI=1S/C31H62O3Si3/c1-24-29(22-32-35(11,12)26(2,3)4)21-25(34-37(15,16)28(8,9)10)31(24)20-18-17-19-30(29,31)23-33-36(13,14)27(5,6)7/h25H,1,17-23H2,2-16H3/t25-,29-,30+,31+/m0/s1. The summed E-state index contributed by atoms with van der Waals surface area (Å²) in [5.74, 6) is 0. The zero-order valence-electron chi connectivity index (χ0n) is 27.5. The topological polar surface area (TPSA) is 27.7 Å². The quantitative estimate of drug-likeness (QED) is 0.216. The summed E-state index contributed by atoms with van der Waals surface area (Å²) in [5, 5.41) is 0.587. The molecule has 216 valence electrons. The van der Waals surface area contributed by atoms with Crippen LogP contribution in [0, 0.1) is 16.2 Å². The van der Waals surface area contributed by atoms with Crippen LogP contribution in [0.5, 0.6) is 0 Å². The first-order valence-corrected chi connectivity index (χ1v) is 23.7. The Bertz CT molecular complexity index is 889.